The Bertz CT molecular complexity index is 95.1. The minimum Gasteiger partial charge on any atom is -0.481 e. The zero-order valence-electron chi connectivity index (χ0n) is 6.22. The first kappa shape index (κ1) is 8.34. The van der Waals surface area contributed by atoms with Crippen molar-refractivity contribution in [3.05, 3.63) is 12.0 Å². The number of aliphatic hydroxyl groups is 1. The smallest absolute Gasteiger partial charge is 0.272 e. The van der Waals surface area contributed by atoms with E-state index in [9.17, 15) is 0 Å². The maximum atomic E-state index is 8.75. The number of ether oxygens (including phenoxy) is 1. The fourth-order valence-corrected chi connectivity index (χ4v) is 0.335. The van der Waals surface area contributed by atoms with Crippen LogP contribution in [0.25, 0.3) is 0 Å². The Balaban J connectivity index is 3.28. The summed E-state index contributed by atoms with van der Waals surface area (Å²) < 4.78 is 4.87. The molecule has 2 heteroatoms. The quantitative estimate of drug-likeness (QED) is 0.592. The predicted molar refractivity (Wildman–Crippen MR) is 37.2 cm³/mol. The van der Waals surface area contributed by atoms with Crippen molar-refractivity contribution in [2.24, 2.45) is 5.92 Å². The summed E-state index contributed by atoms with van der Waals surface area (Å²) in [5, 5.41) is 8.75. The summed E-state index contributed by atoms with van der Waals surface area (Å²) in [4.78, 5) is 0. The highest BCUT2D eigenvalue weighted by Gasteiger charge is 1.94. The molecule has 0 amide bonds. The van der Waals surface area contributed by atoms with E-state index in [1.165, 1.54) is 6.08 Å². The highest BCUT2D eigenvalue weighted by atomic mass is 16.6. The molecule has 0 radical (unpaired) electrons. The highest BCUT2D eigenvalue weighted by molar-refractivity contribution is 4.75. The summed E-state index contributed by atoms with van der Waals surface area (Å²) in [6, 6.07) is 0. The highest BCUT2D eigenvalue weighted by Crippen LogP contribution is 1.97. The fourth-order valence-electron chi connectivity index (χ4n) is 0.335. The Morgan fingerprint density at radius 1 is 1.67 bits per heavy atom. The van der Waals surface area contributed by atoms with E-state index >= 15 is 0 Å². The number of rotatable bonds is 3. The van der Waals surface area contributed by atoms with Crippen LogP contribution >= 0.6 is 0 Å². The molecular formula is C7H14O2. The van der Waals surface area contributed by atoms with Crippen LogP contribution < -0.4 is 0 Å². The van der Waals surface area contributed by atoms with Gasteiger partial charge in [-0.15, -0.1) is 0 Å². The van der Waals surface area contributed by atoms with Crippen LogP contribution in [0.1, 0.15) is 20.8 Å². The first-order valence-corrected chi connectivity index (χ1v) is 3.15. The molecule has 9 heavy (non-hydrogen) atoms. The lowest BCUT2D eigenvalue weighted by molar-refractivity contribution is 0.0760. The molecule has 0 aromatic heterocycles. The molecule has 0 fully saturated rings. The van der Waals surface area contributed by atoms with E-state index in [-0.39, 0.29) is 5.95 Å². The molecule has 0 rings (SSSR count). The average Bonchev–Trinajstić information content (AvgIpc) is 1.83. The third-order valence-electron chi connectivity index (χ3n) is 0.812. The first-order chi connectivity index (χ1) is 4.16. The van der Waals surface area contributed by atoms with Gasteiger partial charge in [-0.2, -0.15) is 0 Å². The second-order valence-electron chi connectivity index (χ2n) is 2.33. The molecule has 0 aliphatic carbocycles. The van der Waals surface area contributed by atoms with Crippen molar-refractivity contribution in [2.45, 2.75) is 20.8 Å². The summed E-state index contributed by atoms with van der Waals surface area (Å²) in [6.45, 7) is 6.37. The zero-order chi connectivity index (χ0) is 7.28. The SMILES string of the molecule is C/C=C(\O)OCC(C)C. The van der Waals surface area contributed by atoms with E-state index in [1.807, 2.05) is 13.8 Å². The van der Waals surface area contributed by atoms with E-state index in [1.54, 1.807) is 6.92 Å². The van der Waals surface area contributed by atoms with Crippen molar-refractivity contribution < 1.29 is 9.84 Å². The fraction of sp³-hybridized carbons (Fsp3) is 0.714. The van der Waals surface area contributed by atoms with Crippen molar-refractivity contribution in [1.29, 1.82) is 0 Å². The van der Waals surface area contributed by atoms with Gasteiger partial charge in [-0.25, -0.2) is 0 Å². The Morgan fingerprint density at radius 2 is 2.22 bits per heavy atom. The summed E-state index contributed by atoms with van der Waals surface area (Å²) in [6.07, 6.45) is 1.53. The van der Waals surface area contributed by atoms with Crippen LogP contribution in [0.3, 0.4) is 0 Å². The third kappa shape index (κ3) is 5.21. The van der Waals surface area contributed by atoms with Crippen LogP contribution in [0.2, 0.25) is 0 Å². The van der Waals surface area contributed by atoms with Crippen LogP contribution in [0.4, 0.5) is 0 Å². The van der Waals surface area contributed by atoms with E-state index in [0.29, 0.717) is 12.5 Å². The molecule has 0 saturated heterocycles. The van der Waals surface area contributed by atoms with Crippen molar-refractivity contribution >= 4 is 0 Å². The largest absolute Gasteiger partial charge is 0.481 e. The minimum atomic E-state index is 0.0173. The zero-order valence-corrected chi connectivity index (χ0v) is 6.22. The molecule has 0 unspecified atom stereocenters. The lowest BCUT2D eigenvalue weighted by Crippen LogP contribution is -2.00. The van der Waals surface area contributed by atoms with Crippen LogP contribution in [0.5, 0.6) is 0 Å². The molecule has 0 atom stereocenters. The van der Waals surface area contributed by atoms with Crippen molar-refractivity contribution in [2.75, 3.05) is 6.61 Å². The molecule has 0 bridgehead atoms. The molecule has 0 aromatic rings. The van der Waals surface area contributed by atoms with E-state index in [4.69, 9.17) is 9.84 Å². The Labute approximate surface area is 56.1 Å². The van der Waals surface area contributed by atoms with E-state index < -0.39 is 0 Å². The van der Waals surface area contributed by atoms with Gasteiger partial charge in [-0.3, -0.25) is 0 Å². The van der Waals surface area contributed by atoms with Crippen molar-refractivity contribution in [3.8, 4) is 0 Å². The summed E-state index contributed by atoms with van der Waals surface area (Å²) >= 11 is 0. The van der Waals surface area contributed by atoms with Gasteiger partial charge in [-0.05, 0) is 18.9 Å². The van der Waals surface area contributed by atoms with E-state index in [0.717, 1.165) is 0 Å². The van der Waals surface area contributed by atoms with Gasteiger partial charge in [0.1, 0.15) is 0 Å². The van der Waals surface area contributed by atoms with Crippen LogP contribution in [-0.2, 0) is 4.74 Å². The summed E-state index contributed by atoms with van der Waals surface area (Å²) in [5.41, 5.74) is 0. The molecule has 1 N–H and O–H groups in total. The first-order valence-electron chi connectivity index (χ1n) is 3.15. The second kappa shape index (κ2) is 4.24. The van der Waals surface area contributed by atoms with Gasteiger partial charge in [-0.1, -0.05) is 13.8 Å². The average molecular weight is 130 g/mol. The molecule has 54 valence electrons. The standard InChI is InChI=1S/C7H14O2/c1-4-7(8)9-5-6(2)3/h4,6,8H,5H2,1-3H3/b7-4+. The number of hydrogen-bond acceptors (Lipinski definition) is 2. The molecular weight excluding hydrogens is 116 g/mol. The third-order valence-corrected chi connectivity index (χ3v) is 0.812. The van der Waals surface area contributed by atoms with Gasteiger partial charge in [0.25, 0.3) is 5.95 Å². The number of hydrogen-bond donors (Lipinski definition) is 1. The Hall–Kier alpha value is -0.660. The summed E-state index contributed by atoms with van der Waals surface area (Å²) in [5.74, 6) is 0.482. The molecule has 2 nitrogen and oxygen atoms in total. The maximum Gasteiger partial charge on any atom is 0.272 e. The Morgan fingerprint density at radius 3 is 2.56 bits per heavy atom. The topological polar surface area (TPSA) is 29.5 Å². The van der Waals surface area contributed by atoms with Crippen LogP contribution in [0, 0.1) is 5.92 Å². The van der Waals surface area contributed by atoms with Crippen LogP contribution in [0.15, 0.2) is 12.0 Å². The van der Waals surface area contributed by atoms with Gasteiger partial charge >= 0.3 is 0 Å². The van der Waals surface area contributed by atoms with Gasteiger partial charge in [0.05, 0.1) is 6.61 Å². The van der Waals surface area contributed by atoms with E-state index in [2.05, 4.69) is 0 Å². The molecule has 0 aromatic carbocycles. The molecule has 0 aliphatic heterocycles. The molecule has 0 saturated carbocycles. The van der Waals surface area contributed by atoms with Gasteiger partial charge < -0.3 is 9.84 Å². The van der Waals surface area contributed by atoms with Gasteiger partial charge in [0.2, 0.25) is 0 Å². The van der Waals surface area contributed by atoms with Crippen LogP contribution in [-0.4, -0.2) is 11.7 Å². The van der Waals surface area contributed by atoms with Crippen molar-refractivity contribution in [1.82, 2.24) is 0 Å². The monoisotopic (exact) mass is 130 g/mol. The summed E-state index contributed by atoms with van der Waals surface area (Å²) in [7, 11) is 0. The Kier molecular flexibility index (Phi) is 3.93. The lowest BCUT2D eigenvalue weighted by Gasteiger charge is -2.05. The normalized spacial score (nSPS) is 12.2. The second-order valence-corrected chi connectivity index (χ2v) is 2.33. The lowest BCUT2D eigenvalue weighted by atomic mass is 10.2. The number of allylic oxidation sites excluding steroid dienone is 1. The predicted octanol–water partition coefficient (Wildman–Crippen LogP) is 2.08. The number of aliphatic hydroxyl groups excluding tert-OH is 1. The van der Waals surface area contributed by atoms with Gasteiger partial charge in [0.15, 0.2) is 0 Å². The molecule has 0 heterocycles. The van der Waals surface area contributed by atoms with Gasteiger partial charge in [0, 0.05) is 0 Å². The van der Waals surface area contributed by atoms with Crippen molar-refractivity contribution in [3.63, 3.8) is 0 Å². The maximum absolute atomic E-state index is 8.75. The molecule has 0 spiro atoms. The minimum absolute atomic E-state index is 0.0173. The molecule has 0 aliphatic rings.